The molecular weight excluding hydrogens is 674 g/mol. The van der Waals surface area contributed by atoms with E-state index in [4.69, 9.17) is 18.9 Å². The van der Waals surface area contributed by atoms with Crippen LogP contribution in [0.1, 0.15) is 43.2 Å². The minimum Gasteiger partial charge on any atom is -0.494 e. The highest BCUT2D eigenvalue weighted by Crippen LogP contribution is 2.31. The van der Waals surface area contributed by atoms with Gasteiger partial charge in [-0.25, -0.2) is 18.4 Å². The van der Waals surface area contributed by atoms with Gasteiger partial charge >= 0.3 is 11.9 Å². The Bertz CT molecular complexity index is 2130. The third-order valence-corrected chi connectivity index (χ3v) is 8.26. The highest BCUT2D eigenvalue weighted by Gasteiger charge is 2.11. The van der Waals surface area contributed by atoms with Crippen LogP contribution in [0, 0.1) is 23.5 Å². The summed E-state index contributed by atoms with van der Waals surface area (Å²) < 4.78 is 52.1. The highest BCUT2D eigenvalue weighted by atomic mass is 19.1. The van der Waals surface area contributed by atoms with Crippen LogP contribution >= 0.6 is 0 Å². The predicted octanol–water partition coefficient (Wildman–Crippen LogP) is 10.0. The van der Waals surface area contributed by atoms with Gasteiger partial charge in [-0.2, -0.15) is 0 Å². The molecule has 5 aromatic carbocycles. The molecule has 0 amide bonds. The van der Waals surface area contributed by atoms with Crippen LogP contribution in [0.4, 0.5) is 8.78 Å². The number of rotatable bonds is 17. The number of fused-ring (bicyclic) bond motifs is 1. The Kier molecular flexibility index (Phi) is 13.9. The summed E-state index contributed by atoms with van der Waals surface area (Å²) in [6, 6.07) is 28.1. The van der Waals surface area contributed by atoms with Gasteiger partial charge in [0.15, 0.2) is 0 Å². The summed E-state index contributed by atoms with van der Waals surface area (Å²) >= 11 is 0. The Morgan fingerprint density at radius 2 is 1.04 bits per heavy atom. The second-order valence-electron chi connectivity index (χ2n) is 12.1. The molecule has 8 heteroatoms. The van der Waals surface area contributed by atoms with E-state index in [2.05, 4.69) is 25.0 Å². The Morgan fingerprint density at radius 3 is 1.74 bits per heavy atom. The summed E-state index contributed by atoms with van der Waals surface area (Å²) in [4.78, 5) is 22.2. The van der Waals surface area contributed by atoms with Gasteiger partial charge in [0.25, 0.3) is 0 Å². The zero-order valence-electron chi connectivity index (χ0n) is 29.4. The zero-order valence-corrected chi connectivity index (χ0v) is 29.4. The molecule has 0 bridgehead atoms. The van der Waals surface area contributed by atoms with Gasteiger partial charge in [-0.3, -0.25) is 0 Å². The van der Waals surface area contributed by atoms with Crippen LogP contribution in [0.25, 0.3) is 33.0 Å². The fraction of sp³-hybridized carbons (Fsp3) is 0.200. The van der Waals surface area contributed by atoms with E-state index >= 15 is 8.78 Å². The van der Waals surface area contributed by atoms with E-state index in [0.717, 1.165) is 54.2 Å². The van der Waals surface area contributed by atoms with E-state index in [1.54, 1.807) is 48.5 Å². The first-order chi connectivity index (χ1) is 25.8. The van der Waals surface area contributed by atoms with Crippen LogP contribution in [0.3, 0.4) is 0 Å². The smallest absolute Gasteiger partial charge is 0.330 e. The van der Waals surface area contributed by atoms with Gasteiger partial charge in [-0.1, -0.05) is 67.5 Å². The van der Waals surface area contributed by atoms with Gasteiger partial charge in [0.2, 0.25) is 0 Å². The van der Waals surface area contributed by atoms with Gasteiger partial charge < -0.3 is 18.9 Å². The number of halogens is 2. The molecule has 0 aliphatic heterocycles. The molecule has 0 atom stereocenters. The highest BCUT2D eigenvalue weighted by molar-refractivity contribution is 5.85. The molecule has 0 aromatic heterocycles. The number of esters is 2. The van der Waals surface area contributed by atoms with Crippen molar-refractivity contribution in [2.75, 3.05) is 26.4 Å². The molecule has 0 saturated carbocycles. The maximum atomic E-state index is 15.3. The average Bonchev–Trinajstić information content (AvgIpc) is 3.18. The molecule has 0 spiro atoms. The third kappa shape index (κ3) is 11.4. The summed E-state index contributed by atoms with van der Waals surface area (Å²) in [6.07, 6.45) is 6.38. The van der Waals surface area contributed by atoms with Gasteiger partial charge in [0.05, 0.1) is 26.4 Å². The SMILES string of the molecule is C=CC(=O)OCCCCCCOc1ccc(-c2ccc(-c3ccc(C#Cc4ccc5cc(OCCCOC(=O)C=C)ccc5c4)cc3F)cc2F)cc1. The van der Waals surface area contributed by atoms with E-state index in [9.17, 15) is 9.59 Å². The first kappa shape index (κ1) is 38.0. The zero-order chi connectivity index (χ0) is 37.4. The van der Waals surface area contributed by atoms with Crippen LogP contribution in [0.2, 0.25) is 0 Å². The molecule has 0 N–H and O–H groups in total. The maximum Gasteiger partial charge on any atom is 0.330 e. The number of hydrogen-bond donors (Lipinski definition) is 0. The molecular formula is C45H40F2O6. The number of hydrogen-bond acceptors (Lipinski definition) is 6. The van der Waals surface area contributed by atoms with Crippen molar-refractivity contribution in [3.8, 4) is 45.6 Å². The number of carbonyl (C=O) groups excluding carboxylic acids is 2. The van der Waals surface area contributed by atoms with Crippen molar-refractivity contribution in [2.45, 2.75) is 32.1 Å². The van der Waals surface area contributed by atoms with Crippen molar-refractivity contribution in [1.82, 2.24) is 0 Å². The normalized spacial score (nSPS) is 10.5. The number of carbonyl (C=O) groups is 2. The lowest BCUT2D eigenvalue weighted by Crippen LogP contribution is -2.06. The Balaban J connectivity index is 1.13. The van der Waals surface area contributed by atoms with Crippen molar-refractivity contribution in [3.05, 3.63) is 145 Å². The monoisotopic (exact) mass is 714 g/mol. The minimum atomic E-state index is -0.494. The van der Waals surface area contributed by atoms with Crippen molar-refractivity contribution in [3.63, 3.8) is 0 Å². The largest absolute Gasteiger partial charge is 0.494 e. The van der Waals surface area contributed by atoms with Gasteiger partial charge in [-0.05, 0) is 102 Å². The van der Waals surface area contributed by atoms with Crippen molar-refractivity contribution in [1.29, 1.82) is 0 Å². The van der Waals surface area contributed by atoms with Crippen molar-refractivity contribution < 1.29 is 37.3 Å². The van der Waals surface area contributed by atoms with E-state index in [1.807, 2.05) is 36.4 Å². The first-order valence-electron chi connectivity index (χ1n) is 17.4. The average molecular weight is 715 g/mol. The van der Waals surface area contributed by atoms with Crippen molar-refractivity contribution >= 4 is 22.7 Å². The maximum absolute atomic E-state index is 15.3. The van der Waals surface area contributed by atoms with E-state index < -0.39 is 23.6 Å². The lowest BCUT2D eigenvalue weighted by Gasteiger charge is -2.10. The van der Waals surface area contributed by atoms with Crippen LogP contribution in [-0.2, 0) is 19.1 Å². The van der Waals surface area contributed by atoms with E-state index in [-0.39, 0.29) is 12.2 Å². The lowest BCUT2D eigenvalue weighted by molar-refractivity contribution is -0.138. The molecule has 270 valence electrons. The van der Waals surface area contributed by atoms with Crippen molar-refractivity contribution in [2.24, 2.45) is 0 Å². The second-order valence-corrected chi connectivity index (χ2v) is 12.1. The third-order valence-electron chi connectivity index (χ3n) is 8.26. The number of benzene rings is 5. The van der Waals surface area contributed by atoms with Gasteiger partial charge in [-0.15, -0.1) is 0 Å². The fourth-order valence-electron chi connectivity index (χ4n) is 5.47. The Labute approximate surface area is 308 Å². The molecule has 0 aliphatic rings. The molecule has 5 aromatic rings. The lowest BCUT2D eigenvalue weighted by atomic mass is 9.98. The van der Waals surface area contributed by atoms with E-state index in [0.29, 0.717) is 60.0 Å². The second kappa shape index (κ2) is 19.4. The quantitative estimate of drug-likeness (QED) is 0.0413. The summed E-state index contributed by atoms with van der Waals surface area (Å²) in [5.74, 6) is 5.72. The topological polar surface area (TPSA) is 71.1 Å². The van der Waals surface area contributed by atoms with Crippen LogP contribution in [0.5, 0.6) is 11.5 Å². The minimum absolute atomic E-state index is 0.260. The molecule has 0 aliphatic carbocycles. The predicted molar refractivity (Wildman–Crippen MR) is 204 cm³/mol. The molecule has 5 rings (SSSR count). The first-order valence-corrected chi connectivity index (χ1v) is 17.4. The number of unbranched alkanes of at least 4 members (excludes halogenated alkanes) is 3. The fourth-order valence-corrected chi connectivity index (χ4v) is 5.47. The molecule has 6 nitrogen and oxygen atoms in total. The standard InChI is InChI=1S/C45H40F2O6/c1-3-44(48)52-25-8-6-5-7-24-50-38-19-15-34(16-20-38)40-23-18-37(31-43(40)47)41-22-13-33(29-42(41)46)11-10-32-12-14-36-30-39(21-17-35(36)28-32)51-26-9-27-53-45(49)4-2/h3-4,12-23,28-31H,1-2,5-9,24-27H2. The summed E-state index contributed by atoms with van der Waals surface area (Å²) in [5, 5.41) is 1.96. The molecule has 0 heterocycles. The molecule has 53 heavy (non-hydrogen) atoms. The van der Waals surface area contributed by atoms with Gasteiger partial charge in [0.1, 0.15) is 23.1 Å². The number of ether oxygens (including phenoxy) is 4. The Morgan fingerprint density at radius 1 is 0.528 bits per heavy atom. The van der Waals surface area contributed by atoms with Crippen LogP contribution in [0.15, 0.2) is 122 Å². The molecule has 0 saturated heterocycles. The summed E-state index contributed by atoms with van der Waals surface area (Å²) in [5.41, 5.74) is 3.07. The van der Waals surface area contributed by atoms with Gasteiger partial charge in [0, 0.05) is 40.8 Å². The summed E-state index contributed by atoms with van der Waals surface area (Å²) in [6.45, 7) is 8.34. The summed E-state index contributed by atoms with van der Waals surface area (Å²) in [7, 11) is 0. The van der Waals surface area contributed by atoms with Crippen LogP contribution < -0.4 is 9.47 Å². The Hall–Kier alpha value is -6.20. The molecule has 0 radical (unpaired) electrons. The van der Waals surface area contributed by atoms with Crippen LogP contribution in [-0.4, -0.2) is 38.4 Å². The molecule has 0 unspecified atom stereocenters. The van der Waals surface area contributed by atoms with E-state index in [1.165, 1.54) is 12.1 Å². The molecule has 0 fully saturated rings.